The highest BCUT2D eigenvalue weighted by Gasteiger charge is 2.36. The molecule has 0 atom stereocenters. The second-order valence-electron chi connectivity index (χ2n) is 5.97. The minimum absolute atomic E-state index is 0.608. The van der Waals surface area contributed by atoms with Crippen molar-refractivity contribution in [3.63, 3.8) is 0 Å². The molecule has 1 saturated heterocycles. The summed E-state index contributed by atoms with van der Waals surface area (Å²) >= 11 is 5.93. The second kappa shape index (κ2) is 5.18. The molecule has 0 amide bonds. The van der Waals surface area contributed by atoms with E-state index in [0.717, 1.165) is 6.54 Å². The molecule has 3 rings (SSSR count). The summed E-state index contributed by atoms with van der Waals surface area (Å²) in [7, 11) is 0. The molecule has 98 valence electrons. The zero-order valence-corrected chi connectivity index (χ0v) is 11.6. The van der Waals surface area contributed by atoms with E-state index < -0.39 is 0 Å². The first-order valence-electron chi connectivity index (χ1n) is 7.09. The topological polar surface area (TPSA) is 16.1 Å². The van der Waals surface area contributed by atoms with Gasteiger partial charge in [-0.1, -0.05) is 24.4 Å². The van der Waals surface area contributed by atoms with E-state index in [2.05, 4.69) is 16.0 Å². The van der Waals surface area contributed by atoms with Crippen molar-refractivity contribution >= 4 is 11.6 Å². The fraction of sp³-hybridized carbons (Fsp3) is 0.667. The molecular formula is C15H21ClN2. The van der Waals surface area contributed by atoms with Crippen LogP contribution in [0.25, 0.3) is 0 Å². The van der Waals surface area contributed by atoms with Gasteiger partial charge in [0.2, 0.25) is 0 Å². The Balaban J connectivity index is 1.57. The SMILES string of the molecule is Clc1cc(CN2CCC3(CCCC3)CC2)ccn1. The van der Waals surface area contributed by atoms with Gasteiger partial charge >= 0.3 is 0 Å². The van der Waals surface area contributed by atoms with E-state index in [-0.39, 0.29) is 0 Å². The maximum atomic E-state index is 5.93. The molecule has 2 aliphatic rings. The van der Waals surface area contributed by atoms with Crippen molar-refractivity contribution in [2.75, 3.05) is 13.1 Å². The third kappa shape index (κ3) is 2.70. The van der Waals surface area contributed by atoms with Gasteiger partial charge in [-0.25, -0.2) is 4.98 Å². The van der Waals surface area contributed by atoms with Gasteiger partial charge in [0, 0.05) is 12.7 Å². The van der Waals surface area contributed by atoms with Crippen molar-refractivity contribution in [2.24, 2.45) is 5.41 Å². The Morgan fingerprint density at radius 1 is 1.17 bits per heavy atom. The smallest absolute Gasteiger partial charge is 0.129 e. The van der Waals surface area contributed by atoms with Crippen LogP contribution in [0.1, 0.15) is 44.1 Å². The molecule has 3 heteroatoms. The Labute approximate surface area is 114 Å². The van der Waals surface area contributed by atoms with E-state index in [1.54, 1.807) is 6.20 Å². The standard InChI is InChI=1S/C15H21ClN2/c16-14-11-13(3-8-17-14)12-18-9-6-15(7-10-18)4-1-2-5-15/h3,8,11H,1-2,4-7,9-10,12H2. The molecule has 2 heterocycles. The highest BCUT2D eigenvalue weighted by atomic mass is 35.5. The largest absolute Gasteiger partial charge is 0.299 e. The summed E-state index contributed by atoms with van der Waals surface area (Å²) < 4.78 is 0. The molecule has 18 heavy (non-hydrogen) atoms. The summed E-state index contributed by atoms with van der Waals surface area (Å²) in [5.74, 6) is 0. The van der Waals surface area contributed by atoms with Gasteiger partial charge in [-0.2, -0.15) is 0 Å². The van der Waals surface area contributed by atoms with Gasteiger partial charge in [-0.15, -0.1) is 0 Å². The Morgan fingerprint density at radius 3 is 2.56 bits per heavy atom. The number of hydrogen-bond donors (Lipinski definition) is 0. The maximum Gasteiger partial charge on any atom is 0.129 e. The zero-order valence-electron chi connectivity index (χ0n) is 10.9. The van der Waals surface area contributed by atoms with Gasteiger partial charge in [0.05, 0.1) is 0 Å². The van der Waals surface area contributed by atoms with E-state index in [0.29, 0.717) is 10.6 Å². The van der Waals surface area contributed by atoms with Crippen molar-refractivity contribution in [1.82, 2.24) is 9.88 Å². The Morgan fingerprint density at radius 2 is 1.89 bits per heavy atom. The summed E-state index contributed by atoms with van der Waals surface area (Å²) in [6.07, 6.45) is 10.5. The molecule has 1 aromatic rings. The van der Waals surface area contributed by atoms with Crippen LogP contribution >= 0.6 is 11.6 Å². The molecule has 2 nitrogen and oxygen atoms in total. The van der Waals surface area contributed by atoms with Gasteiger partial charge in [-0.3, -0.25) is 4.90 Å². The zero-order chi connectivity index (χ0) is 12.4. The molecule has 1 spiro atoms. The van der Waals surface area contributed by atoms with E-state index in [1.807, 2.05) is 6.07 Å². The number of nitrogens with zero attached hydrogens (tertiary/aromatic N) is 2. The Hall–Kier alpha value is -0.600. The second-order valence-corrected chi connectivity index (χ2v) is 6.36. The molecule has 0 N–H and O–H groups in total. The van der Waals surface area contributed by atoms with Crippen molar-refractivity contribution in [2.45, 2.75) is 45.1 Å². The van der Waals surface area contributed by atoms with Crippen molar-refractivity contribution < 1.29 is 0 Å². The summed E-state index contributed by atoms with van der Waals surface area (Å²) in [5, 5.41) is 0.608. The van der Waals surface area contributed by atoms with Crippen molar-refractivity contribution in [3.05, 3.63) is 29.0 Å². The van der Waals surface area contributed by atoms with Crippen LogP contribution in [0.4, 0.5) is 0 Å². The Bertz CT molecular complexity index is 403. The number of aromatic nitrogens is 1. The molecule has 0 unspecified atom stereocenters. The molecule has 1 aromatic heterocycles. The van der Waals surface area contributed by atoms with E-state index in [4.69, 9.17) is 11.6 Å². The van der Waals surface area contributed by atoms with Crippen LogP contribution in [-0.4, -0.2) is 23.0 Å². The summed E-state index contributed by atoms with van der Waals surface area (Å²) in [5.41, 5.74) is 2.00. The monoisotopic (exact) mass is 264 g/mol. The van der Waals surface area contributed by atoms with E-state index >= 15 is 0 Å². The fourth-order valence-electron chi connectivity index (χ4n) is 3.61. The molecule has 1 saturated carbocycles. The van der Waals surface area contributed by atoms with Gasteiger partial charge in [0.15, 0.2) is 0 Å². The summed E-state index contributed by atoms with van der Waals surface area (Å²) in [6.45, 7) is 3.53. The van der Waals surface area contributed by atoms with E-state index in [1.165, 1.54) is 57.2 Å². The molecule has 1 aliphatic carbocycles. The third-order valence-corrected chi connectivity index (χ3v) is 4.98. The van der Waals surface area contributed by atoms with Gasteiger partial charge < -0.3 is 0 Å². The first kappa shape index (κ1) is 12.4. The molecular weight excluding hydrogens is 244 g/mol. The number of likely N-dealkylation sites (tertiary alicyclic amines) is 1. The van der Waals surface area contributed by atoms with Gasteiger partial charge in [-0.05, 0) is 61.9 Å². The molecule has 0 bridgehead atoms. The van der Waals surface area contributed by atoms with Crippen molar-refractivity contribution in [1.29, 1.82) is 0 Å². The van der Waals surface area contributed by atoms with Crippen LogP contribution in [0.3, 0.4) is 0 Å². The molecule has 0 radical (unpaired) electrons. The molecule has 2 fully saturated rings. The van der Waals surface area contributed by atoms with Crippen LogP contribution < -0.4 is 0 Å². The lowest BCUT2D eigenvalue weighted by Gasteiger charge is -2.39. The Kier molecular flexibility index (Phi) is 3.58. The maximum absolute atomic E-state index is 5.93. The predicted molar refractivity (Wildman–Crippen MR) is 74.7 cm³/mol. The highest BCUT2D eigenvalue weighted by molar-refractivity contribution is 6.29. The molecule has 0 aromatic carbocycles. The van der Waals surface area contributed by atoms with Crippen LogP contribution in [0.2, 0.25) is 5.15 Å². The van der Waals surface area contributed by atoms with Gasteiger partial charge in [0.25, 0.3) is 0 Å². The first-order chi connectivity index (χ1) is 8.76. The predicted octanol–water partition coefficient (Wildman–Crippen LogP) is 3.89. The average Bonchev–Trinajstić information content (AvgIpc) is 2.81. The molecule has 1 aliphatic heterocycles. The number of piperidine rings is 1. The lowest BCUT2D eigenvalue weighted by molar-refractivity contribution is 0.103. The quantitative estimate of drug-likeness (QED) is 0.754. The normalized spacial score (nSPS) is 23.6. The van der Waals surface area contributed by atoms with Crippen LogP contribution in [0, 0.1) is 5.41 Å². The number of rotatable bonds is 2. The third-order valence-electron chi connectivity index (χ3n) is 4.78. The number of pyridine rings is 1. The first-order valence-corrected chi connectivity index (χ1v) is 7.46. The van der Waals surface area contributed by atoms with E-state index in [9.17, 15) is 0 Å². The number of hydrogen-bond acceptors (Lipinski definition) is 2. The minimum Gasteiger partial charge on any atom is -0.299 e. The van der Waals surface area contributed by atoms with Crippen LogP contribution in [0.5, 0.6) is 0 Å². The average molecular weight is 265 g/mol. The minimum atomic E-state index is 0.608. The van der Waals surface area contributed by atoms with Gasteiger partial charge in [0.1, 0.15) is 5.15 Å². The lowest BCUT2D eigenvalue weighted by Crippen LogP contribution is -2.38. The summed E-state index contributed by atoms with van der Waals surface area (Å²) in [6, 6.07) is 4.06. The number of halogens is 1. The lowest BCUT2D eigenvalue weighted by atomic mass is 9.77. The van der Waals surface area contributed by atoms with Crippen LogP contribution in [0.15, 0.2) is 18.3 Å². The fourth-order valence-corrected chi connectivity index (χ4v) is 3.81. The van der Waals surface area contributed by atoms with Crippen molar-refractivity contribution in [3.8, 4) is 0 Å². The highest BCUT2D eigenvalue weighted by Crippen LogP contribution is 2.46. The van der Waals surface area contributed by atoms with Crippen LogP contribution in [-0.2, 0) is 6.54 Å². The summed E-state index contributed by atoms with van der Waals surface area (Å²) in [4.78, 5) is 6.60.